The van der Waals surface area contributed by atoms with Crippen molar-refractivity contribution in [3.05, 3.63) is 23.4 Å². The number of rotatable bonds is 5. The molecule has 0 saturated carbocycles. The number of carbonyl (C=O) groups is 1. The summed E-state index contributed by atoms with van der Waals surface area (Å²) >= 11 is 0. The Balaban J connectivity index is 2.72. The summed E-state index contributed by atoms with van der Waals surface area (Å²) < 4.78 is 0. The van der Waals surface area contributed by atoms with E-state index in [1.54, 1.807) is 17.0 Å². The molecule has 0 atom stereocenters. The molecule has 0 unspecified atom stereocenters. The molecule has 1 heterocycles. The van der Waals surface area contributed by atoms with E-state index in [1.165, 1.54) is 0 Å². The summed E-state index contributed by atoms with van der Waals surface area (Å²) in [4.78, 5) is 17.8. The monoisotopic (exact) mass is 246 g/mol. The number of aromatic nitrogens is 1. The summed E-state index contributed by atoms with van der Waals surface area (Å²) in [7, 11) is 0. The normalized spacial score (nSPS) is 9.67. The number of aryl methyl sites for hydroxylation is 1. The molecule has 1 aromatic rings. The highest BCUT2D eigenvalue weighted by Gasteiger charge is 2.10. The smallest absolute Gasteiger partial charge is 0.241 e. The molecular formula is C13H18N4O. The lowest BCUT2D eigenvalue weighted by atomic mass is 10.2. The highest BCUT2D eigenvalue weighted by molar-refractivity contribution is 5.80. The minimum Gasteiger partial charge on any atom is -0.360 e. The number of carbonyl (C=O) groups excluding carboxylic acids is 1. The van der Waals surface area contributed by atoms with Crippen LogP contribution in [0.5, 0.6) is 0 Å². The summed E-state index contributed by atoms with van der Waals surface area (Å²) in [6.07, 6.45) is 0. The van der Waals surface area contributed by atoms with Crippen molar-refractivity contribution in [1.29, 1.82) is 5.26 Å². The van der Waals surface area contributed by atoms with Crippen molar-refractivity contribution in [2.45, 2.75) is 20.8 Å². The molecular weight excluding hydrogens is 228 g/mol. The topological polar surface area (TPSA) is 69.0 Å². The molecule has 18 heavy (non-hydrogen) atoms. The van der Waals surface area contributed by atoms with Gasteiger partial charge in [0.25, 0.3) is 0 Å². The molecule has 5 nitrogen and oxygen atoms in total. The van der Waals surface area contributed by atoms with Crippen molar-refractivity contribution >= 4 is 11.7 Å². The van der Waals surface area contributed by atoms with Crippen molar-refractivity contribution in [1.82, 2.24) is 9.88 Å². The predicted octanol–water partition coefficient (Wildman–Crippen LogP) is 1.54. The van der Waals surface area contributed by atoms with E-state index < -0.39 is 0 Å². The number of likely N-dealkylation sites (N-methyl/N-ethyl adjacent to an activating group) is 1. The van der Waals surface area contributed by atoms with E-state index >= 15 is 0 Å². The fraction of sp³-hybridized carbons (Fsp3) is 0.462. The molecule has 0 aliphatic carbocycles. The van der Waals surface area contributed by atoms with Crippen LogP contribution in [0.25, 0.3) is 0 Å². The maximum absolute atomic E-state index is 11.8. The molecule has 0 fully saturated rings. The van der Waals surface area contributed by atoms with Crippen LogP contribution in [-0.2, 0) is 4.79 Å². The van der Waals surface area contributed by atoms with Gasteiger partial charge >= 0.3 is 0 Å². The van der Waals surface area contributed by atoms with Gasteiger partial charge in [0.15, 0.2) is 0 Å². The van der Waals surface area contributed by atoms with Crippen molar-refractivity contribution in [3.63, 3.8) is 0 Å². The van der Waals surface area contributed by atoms with Gasteiger partial charge in [0.2, 0.25) is 5.91 Å². The van der Waals surface area contributed by atoms with Crippen LogP contribution in [0.4, 0.5) is 5.82 Å². The first-order chi connectivity index (χ1) is 8.62. The second-order valence-electron chi connectivity index (χ2n) is 3.88. The van der Waals surface area contributed by atoms with Gasteiger partial charge in [-0.05, 0) is 32.9 Å². The molecule has 0 saturated heterocycles. The van der Waals surface area contributed by atoms with Crippen LogP contribution in [-0.4, -0.2) is 35.4 Å². The molecule has 0 aromatic carbocycles. The first-order valence-corrected chi connectivity index (χ1v) is 6.01. The van der Waals surface area contributed by atoms with Crippen LogP contribution in [0.2, 0.25) is 0 Å². The van der Waals surface area contributed by atoms with Gasteiger partial charge in [-0.1, -0.05) is 0 Å². The third-order valence-electron chi connectivity index (χ3n) is 2.68. The molecule has 0 aliphatic rings. The highest BCUT2D eigenvalue weighted by Crippen LogP contribution is 2.11. The molecule has 1 rings (SSSR count). The second kappa shape index (κ2) is 6.60. The lowest BCUT2D eigenvalue weighted by Crippen LogP contribution is -2.35. The van der Waals surface area contributed by atoms with E-state index in [9.17, 15) is 4.79 Å². The lowest BCUT2D eigenvalue weighted by molar-refractivity contribution is -0.128. The number of nitriles is 1. The Kier molecular flexibility index (Phi) is 5.12. The fourth-order valence-electron chi connectivity index (χ4n) is 1.63. The Bertz CT molecular complexity index is 461. The molecule has 1 amide bonds. The quantitative estimate of drug-likeness (QED) is 0.855. The zero-order valence-electron chi connectivity index (χ0n) is 11.0. The van der Waals surface area contributed by atoms with Gasteiger partial charge in [-0.3, -0.25) is 4.79 Å². The first-order valence-electron chi connectivity index (χ1n) is 6.01. The minimum atomic E-state index is 0.00666. The van der Waals surface area contributed by atoms with Crippen LogP contribution in [0.15, 0.2) is 12.1 Å². The third kappa shape index (κ3) is 3.45. The van der Waals surface area contributed by atoms with Gasteiger partial charge in [-0.15, -0.1) is 0 Å². The van der Waals surface area contributed by atoms with Crippen LogP contribution in [0.1, 0.15) is 25.1 Å². The van der Waals surface area contributed by atoms with Gasteiger partial charge < -0.3 is 10.2 Å². The second-order valence-corrected chi connectivity index (χ2v) is 3.88. The van der Waals surface area contributed by atoms with E-state index in [4.69, 9.17) is 5.26 Å². The van der Waals surface area contributed by atoms with Gasteiger partial charge in [0.1, 0.15) is 11.9 Å². The number of hydrogen-bond donors (Lipinski definition) is 1. The molecule has 0 spiro atoms. The van der Waals surface area contributed by atoms with Crippen molar-refractivity contribution in [2.24, 2.45) is 0 Å². The molecule has 0 radical (unpaired) electrons. The van der Waals surface area contributed by atoms with Crippen molar-refractivity contribution in [3.8, 4) is 6.07 Å². The van der Waals surface area contributed by atoms with Gasteiger partial charge in [0.05, 0.1) is 12.1 Å². The molecule has 1 N–H and O–H groups in total. The van der Waals surface area contributed by atoms with Crippen LogP contribution in [0, 0.1) is 18.3 Å². The van der Waals surface area contributed by atoms with E-state index in [-0.39, 0.29) is 12.5 Å². The fourth-order valence-corrected chi connectivity index (χ4v) is 1.63. The van der Waals surface area contributed by atoms with E-state index in [0.29, 0.717) is 24.5 Å². The molecule has 5 heteroatoms. The maximum atomic E-state index is 11.8. The summed E-state index contributed by atoms with van der Waals surface area (Å²) in [5.41, 5.74) is 1.26. The number of nitrogens with zero attached hydrogens (tertiary/aromatic N) is 3. The van der Waals surface area contributed by atoms with E-state index in [2.05, 4.69) is 16.4 Å². The van der Waals surface area contributed by atoms with E-state index in [0.717, 1.165) is 5.69 Å². The van der Waals surface area contributed by atoms with E-state index in [1.807, 2.05) is 20.8 Å². The number of anilines is 1. The maximum Gasteiger partial charge on any atom is 0.241 e. The zero-order chi connectivity index (χ0) is 13.5. The Morgan fingerprint density at radius 3 is 2.67 bits per heavy atom. The zero-order valence-corrected chi connectivity index (χ0v) is 11.0. The summed E-state index contributed by atoms with van der Waals surface area (Å²) in [5.74, 6) is 0.477. The minimum absolute atomic E-state index is 0.00666. The van der Waals surface area contributed by atoms with Gasteiger partial charge in [-0.25, -0.2) is 4.98 Å². The first kappa shape index (κ1) is 14.0. The molecule has 0 bridgehead atoms. The number of nitrogens with one attached hydrogen (secondary N) is 1. The number of hydrogen-bond acceptors (Lipinski definition) is 4. The number of amides is 1. The van der Waals surface area contributed by atoms with Crippen LogP contribution >= 0.6 is 0 Å². The van der Waals surface area contributed by atoms with Crippen molar-refractivity contribution in [2.75, 3.05) is 25.0 Å². The average molecular weight is 246 g/mol. The SMILES string of the molecule is CCN(CC)C(=O)CNc1nc(C)ccc1C#N. The van der Waals surface area contributed by atoms with Crippen LogP contribution in [0.3, 0.4) is 0 Å². The predicted molar refractivity (Wildman–Crippen MR) is 70.1 cm³/mol. The van der Waals surface area contributed by atoms with Gasteiger partial charge in [0, 0.05) is 18.8 Å². The molecule has 1 aromatic heterocycles. The standard InChI is InChI=1S/C13H18N4O/c1-4-17(5-2)12(18)9-15-13-11(8-14)7-6-10(3)16-13/h6-7H,4-5,9H2,1-3H3,(H,15,16). The summed E-state index contributed by atoms with van der Waals surface area (Å²) in [6, 6.07) is 5.53. The largest absolute Gasteiger partial charge is 0.360 e. The Morgan fingerprint density at radius 2 is 2.11 bits per heavy atom. The van der Waals surface area contributed by atoms with Gasteiger partial charge in [-0.2, -0.15) is 5.26 Å². The Labute approximate surface area is 107 Å². The van der Waals surface area contributed by atoms with Crippen molar-refractivity contribution < 1.29 is 4.79 Å². The number of pyridine rings is 1. The van der Waals surface area contributed by atoms with Crippen LogP contribution < -0.4 is 5.32 Å². The Hall–Kier alpha value is -2.09. The lowest BCUT2D eigenvalue weighted by Gasteiger charge is -2.19. The third-order valence-corrected chi connectivity index (χ3v) is 2.68. The summed E-state index contributed by atoms with van der Waals surface area (Å²) in [6.45, 7) is 7.25. The Morgan fingerprint density at radius 1 is 1.44 bits per heavy atom. The molecule has 96 valence electrons. The average Bonchev–Trinajstić information content (AvgIpc) is 2.38. The highest BCUT2D eigenvalue weighted by atomic mass is 16.2. The summed E-state index contributed by atoms with van der Waals surface area (Å²) in [5, 5.41) is 11.9. The molecule has 0 aliphatic heterocycles.